The van der Waals surface area contributed by atoms with Gasteiger partial charge in [0.2, 0.25) is 5.91 Å². The van der Waals surface area contributed by atoms with Crippen LogP contribution in [0.5, 0.6) is 0 Å². The van der Waals surface area contributed by atoms with Crippen molar-refractivity contribution in [3.8, 4) is 11.1 Å². The summed E-state index contributed by atoms with van der Waals surface area (Å²) in [5.41, 5.74) is 8.50. The first-order valence-corrected chi connectivity index (χ1v) is 5.27. The maximum absolute atomic E-state index is 10.8. The SMILES string of the molecule is NC(=O)CCc1[nH]ccc1-c1ccccc1. The molecule has 0 saturated heterocycles. The number of nitrogens with one attached hydrogen (secondary N) is 1. The number of nitrogens with two attached hydrogens (primary N) is 1. The van der Waals surface area contributed by atoms with Crippen LogP contribution in [-0.2, 0) is 11.2 Å². The lowest BCUT2D eigenvalue weighted by molar-refractivity contribution is -0.118. The normalized spacial score (nSPS) is 10.2. The van der Waals surface area contributed by atoms with E-state index in [1.165, 1.54) is 0 Å². The Bertz CT molecular complexity index is 474. The number of hydrogen-bond acceptors (Lipinski definition) is 1. The van der Waals surface area contributed by atoms with E-state index in [1.807, 2.05) is 30.5 Å². The molecule has 3 heteroatoms. The second kappa shape index (κ2) is 4.66. The number of carbonyl (C=O) groups excluding carboxylic acids is 1. The van der Waals surface area contributed by atoms with E-state index in [2.05, 4.69) is 17.1 Å². The molecule has 0 unspecified atom stereocenters. The molecule has 0 aliphatic heterocycles. The van der Waals surface area contributed by atoms with E-state index in [0.717, 1.165) is 16.8 Å². The van der Waals surface area contributed by atoms with Crippen LogP contribution >= 0.6 is 0 Å². The Morgan fingerprint density at radius 2 is 1.94 bits per heavy atom. The molecule has 0 radical (unpaired) electrons. The van der Waals surface area contributed by atoms with Crippen molar-refractivity contribution in [2.45, 2.75) is 12.8 Å². The van der Waals surface area contributed by atoms with E-state index in [4.69, 9.17) is 5.73 Å². The first-order chi connectivity index (χ1) is 7.77. The third-order valence-corrected chi connectivity index (χ3v) is 2.54. The lowest BCUT2D eigenvalue weighted by atomic mass is 10.0. The number of primary amides is 1. The van der Waals surface area contributed by atoms with Gasteiger partial charge in [0, 0.05) is 23.9 Å². The second-order valence-electron chi connectivity index (χ2n) is 3.70. The standard InChI is InChI=1S/C13H14N2O/c14-13(16)7-6-12-11(8-9-15-12)10-4-2-1-3-5-10/h1-5,8-9,15H,6-7H2,(H2,14,16). The van der Waals surface area contributed by atoms with Gasteiger partial charge in [-0.2, -0.15) is 0 Å². The van der Waals surface area contributed by atoms with Gasteiger partial charge >= 0.3 is 0 Å². The molecule has 0 spiro atoms. The smallest absolute Gasteiger partial charge is 0.217 e. The fourth-order valence-corrected chi connectivity index (χ4v) is 1.75. The molecule has 0 fully saturated rings. The van der Waals surface area contributed by atoms with Gasteiger partial charge in [-0.25, -0.2) is 0 Å². The molecule has 1 amide bonds. The number of aromatic nitrogens is 1. The van der Waals surface area contributed by atoms with Crippen molar-refractivity contribution in [3.05, 3.63) is 48.3 Å². The number of rotatable bonds is 4. The zero-order chi connectivity index (χ0) is 11.4. The lowest BCUT2D eigenvalue weighted by Gasteiger charge is -2.03. The average Bonchev–Trinajstić information content (AvgIpc) is 2.75. The molecule has 0 aliphatic carbocycles. The summed E-state index contributed by atoms with van der Waals surface area (Å²) < 4.78 is 0. The zero-order valence-corrected chi connectivity index (χ0v) is 8.94. The Morgan fingerprint density at radius 3 is 2.62 bits per heavy atom. The van der Waals surface area contributed by atoms with Crippen LogP contribution in [0.2, 0.25) is 0 Å². The highest BCUT2D eigenvalue weighted by Gasteiger charge is 2.06. The minimum atomic E-state index is -0.270. The summed E-state index contributed by atoms with van der Waals surface area (Å²) >= 11 is 0. The van der Waals surface area contributed by atoms with Gasteiger partial charge in [0.25, 0.3) is 0 Å². The highest BCUT2D eigenvalue weighted by Crippen LogP contribution is 2.23. The maximum atomic E-state index is 10.8. The molecular formula is C13H14N2O. The van der Waals surface area contributed by atoms with Gasteiger partial charge in [0.1, 0.15) is 0 Å². The molecule has 82 valence electrons. The fourth-order valence-electron chi connectivity index (χ4n) is 1.75. The largest absolute Gasteiger partial charge is 0.370 e. The topological polar surface area (TPSA) is 58.9 Å². The van der Waals surface area contributed by atoms with Gasteiger partial charge in [-0.1, -0.05) is 30.3 Å². The third-order valence-electron chi connectivity index (χ3n) is 2.54. The number of carbonyl (C=O) groups is 1. The summed E-state index contributed by atoms with van der Waals surface area (Å²) in [4.78, 5) is 13.9. The Hall–Kier alpha value is -2.03. The molecule has 1 aromatic heterocycles. The molecule has 0 saturated carbocycles. The van der Waals surface area contributed by atoms with E-state index in [1.54, 1.807) is 0 Å². The van der Waals surface area contributed by atoms with E-state index in [-0.39, 0.29) is 5.91 Å². The lowest BCUT2D eigenvalue weighted by Crippen LogP contribution is -2.11. The first kappa shape index (κ1) is 10.5. The Labute approximate surface area is 94.3 Å². The van der Waals surface area contributed by atoms with Gasteiger partial charge in [0.05, 0.1) is 0 Å². The molecule has 1 heterocycles. The van der Waals surface area contributed by atoms with Crippen LogP contribution < -0.4 is 5.73 Å². The fraction of sp³-hybridized carbons (Fsp3) is 0.154. The van der Waals surface area contributed by atoms with Crippen LogP contribution in [0.15, 0.2) is 42.6 Å². The van der Waals surface area contributed by atoms with Gasteiger partial charge in [-0.3, -0.25) is 4.79 Å². The van der Waals surface area contributed by atoms with Gasteiger partial charge < -0.3 is 10.7 Å². The second-order valence-corrected chi connectivity index (χ2v) is 3.70. The Morgan fingerprint density at radius 1 is 1.19 bits per heavy atom. The maximum Gasteiger partial charge on any atom is 0.217 e. The van der Waals surface area contributed by atoms with Crippen molar-refractivity contribution in [2.24, 2.45) is 5.73 Å². The third kappa shape index (κ3) is 2.31. The van der Waals surface area contributed by atoms with Gasteiger partial charge in [-0.05, 0) is 18.1 Å². The molecule has 2 aromatic rings. The van der Waals surface area contributed by atoms with Crippen LogP contribution in [0, 0.1) is 0 Å². The molecule has 3 N–H and O–H groups in total. The predicted molar refractivity (Wildman–Crippen MR) is 63.7 cm³/mol. The highest BCUT2D eigenvalue weighted by atomic mass is 16.1. The monoisotopic (exact) mass is 214 g/mol. The summed E-state index contributed by atoms with van der Waals surface area (Å²) in [5, 5.41) is 0. The summed E-state index contributed by atoms with van der Waals surface area (Å²) in [6.07, 6.45) is 2.92. The van der Waals surface area contributed by atoms with Crippen molar-refractivity contribution in [2.75, 3.05) is 0 Å². The molecule has 1 aromatic carbocycles. The zero-order valence-electron chi connectivity index (χ0n) is 8.94. The van der Waals surface area contributed by atoms with Gasteiger partial charge in [0.15, 0.2) is 0 Å². The summed E-state index contributed by atoms with van der Waals surface area (Å²) in [6.45, 7) is 0. The molecular weight excluding hydrogens is 200 g/mol. The van der Waals surface area contributed by atoms with Crippen molar-refractivity contribution < 1.29 is 4.79 Å². The average molecular weight is 214 g/mol. The van der Waals surface area contributed by atoms with Crippen LogP contribution in [-0.4, -0.2) is 10.9 Å². The summed E-state index contributed by atoms with van der Waals surface area (Å²) in [5.74, 6) is -0.270. The van der Waals surface area contributed by atoms with Crippen LogP contribution in [0.3, 0.4) is 0 Å². The van der Waals surface area contributed by atoms with Gasteiger partial charge in [-0.15, -0.1) is 0 Å². The number of hydrogen-bond donors (Lipinski definition) is 2. The molecule has 16 heavy (non-hydrogen) atoms. The van der Waals surface area contributed by atoms with Crippen LogP contribution in [0.25, 0.3) is 11.1 Å². The number of aromatic amines is 1. The first-order valence-electron chi connectivity index (χ1n) is 5.27. The highest BCUT2D eigenvalue weighted by molar-refractivity contribution is 5.74. The summed E-state index contributed by atoms with van der Waals surface area (Å²) in [6, 6.07) is 12.1. The van der Waals surface area contributed by atoms with E-state index in [0.29, 0.717) is 12.8 Å². The Kier molecular flexibility index (Phi) is 3.05. The predicted octanol–water partition coefficient (Wildman–Crippen LogP) is 2.10. The molecule has 2 rings (SSSR count). The number of benzene rings is 1. The van der Waals surface area contributed by atoms with Crippen molar-refractivity contribution in [1.29, 1.82) is 0 Å². The molecule has 0 aliphatic rings. The Balaban J connectivity index is 2.23. The van der Waals surface area contributed by atoms with E-state index < -0.39 is 0 Å². The number of amides is 1. The molecule has 0 atom stereocenters. The van der Waals surface area contributed by atoms with Crippen LogP contribution in [0.1, 0.15) is 12.1 Å². The number of H-pyrrole nitrogens is 1. The minimum absolute atomic E-state index is 0.270. The number of aryl methyl sites for hydroxylation is 1. The summed E-state index contributed by atoms with van der Waals surface area (Å²) in [7, 11) is 0. The molecule has 3 nitrogen and oxygen atoms in total. The van der Waals surface area contributed by atoms with Crippen LogP contribution in [0.4, 0.5) is 0 Å². The van der Waals surface area contributed by atoms with Crippen molar-refractivity contribution in [3.63, 3.8) is 0 Å². The van der Waals surface area contributed by atoms with Crippen molar-refractivity contribution >= 4 is 5.91 Å². The van der Waals surface area contributed by atoms with Crippen molar-refractivity contribution in [1.82, 2.24) is 4.98 Å². The molecule has 0 bridgehead atoms. The van der Waals surface area contributed by atoms with E-state index >= 15 is 0 Å². The van der Waals surface area contributed by atoms with E-state index in [9.17, 15) is 4.79 Å². The quantitative estimate of drug-likeness (QED) is 0.804. The minimum Gasteiger partial charge on any atom is -0.370 e.